The Hall–Kier alpha value is -1.09. The van der Waals surface area contributed by atoms with Gasteiger partial charge in [0.2, 0.25) is 5.91 Å². The van der Waals surface area contributed by atoms with E-state index < -0.39 is 5.41 Å². The van der Waals surface area contributed by atoms with E-state index in [0.717, 1.165) is 18.4 Å². The number of halogens is 2. The average Bonchev–Trinajstić information content (AvgIpc) is 3.19. The summed E-state index contributed by atoms with van der Waals surface area (Å²) in [6.45, 7) is 4.16. The first-order chi connectivity index (χ1) is 8.94. The summed E-state index contributed by atoms with van der Waals surface area (Å²) in [4.78, 5) is 14.4. The van der Waals surface area contributed by atoms with Crippen molar-refractivity contribution in [3.8, 4) is 0 Å². The second-order valence-electron chi connectivity index (χ2n) is 5.81. The van der Waals surface area contributed by atoms with Crippen molar-refractivity contribution in [3.05, 3.63) is 35.6 Å². The van der Waals surface area contributed by atoms with Gasteiger partial charge >= 0.3 is 0 Å². The van der Waals surface area contributed by atoms with E-state index in [1.165, 1.54) is 12.1 Å². The van der Waals surface area contributed by atoms with Crippen LogP contribution in [0.5, 0.6) is 0 Å². The molecule has 0 heterocycles. The maximum absolute atomic E-state index is 13.2. The highest BCUT2D eigenvalue weighted by atomic mass is 35.5. The predicted octanol–water partition coefficient (Wildman–Crippen LogP) is 3.58. The van der Waals surface area contributed by atoms with Crippen LogP contribution in [0.15, 0.2) is 24.3 Å². The fourth-order valence-electron chi connectivity index (χ4n) is 2.03. The van der Waals surface area contributed by atoms with Gasteiger partial charge in [0.25, 0.3) is 0 Å². The molecular formula is C15H19ClFNO. The van der Waals surface area contributed by atoms with Crippen LogP contribution >= 0.6 is 11.6 Å². The molecule has 1 fully saturated rings. The third kappa shape index (κ3) is 3.47. The topological polar surface area (TPSA) is 20.3 Å². The molecule has 1 amide bonds. The van der Waals surface area contributed by atoms with E-state index in [4.69, 9.17) is 11.6 Å². The molecule has 2 rings (SSSR count). The lowest BCUT2D eigenvalue weighted by atomic mass is 9.94. The third-order valence-electron chi connectivity index (χ3n) is 3.40. The molecule has 1 aromatic rings. The molecule has 1 aromatic carbocycles. The molecule has 0 atom stereocenters. The Morgan fingerprint density at radius 2 is 2.16 bits per heavy atom. The predicted molar refractivity (Wildman–Crippen MR) is 74.5 cm³/mol. The largest absolute Gasteiger partial charge is 0.335 e. The fraction of sp³-hybridized carbons (Fsp3) is 0.533. The minimum atomic E-state index is -0.572. The molecule has 4 heteroatoms. The molecule has 1 saturated carbocycles. The Kier molecular flexibility index (Phi) is 4.14. The van der Waals surface area contributed by atoms with Gasteiger partial charge in [-0.2, -0.15) is 0 Å². The van der Waals surface area contributed by atoms with Gasteiger partial charge in [0.1, 0.15) is 5.82 Å². The number of amides is 1. The molecule has 1 aliphatic rings. The Morgan fingerprint density at radius 3 is 2.68 bits per heavy atom. The highest BCUT2D eigenvalue weighted by Gasteiger charge is 2.39. The summed E-state index contributed by atoms with van der Waals surface area (Å²) in [7, 11) is 0. The van der Waals surface area contributed by atoms with Crippen molar-refractivity contribution in [2.75, 3.05) is 5.88 Å². The van der Waals surface area contributed by atoms with E-state index in [1.54, 1.807) is 6.07 Å². The van der Waals surface area contributed by atoms with Gasteiger partial charge in [-0.1, -0.05) is 12.1 Å². The number of nitrogens with zero attached hydrogens (tertiary/aromatic N) is 1. The first-order valence-electron chi connectivity index (χ1n) is 6.55. The summed E-state index contributed by atoms with van der Waals surface area (Å²) in [5.74, 6) is 0.0737. The van der Waals surface area contributed by atoms with Crippen molar-refractivity contribution in [1.82, 2.24) is 4.90 Å². The van der Waals surface area contributed by atoms with E-state index in [2.05, 4.69) is 0 Å². The Bertz CT molecular complexity index is 471. The Labute approximate surface area is 118 Å². The summed E-state index contributed by atoms with van der Waals surface area (Å²) in [6.07, 6.45) is 2.05. The molecule has 0 spiro atoms. The zero-order chi connectivity index (χ0) is 14.0. The summed E-state index contributed by atoms with van der Waals surface area (Å²) < 4.78 is 13.2. The van der Waals surface area contributed by atoms with Gasteiger partial charge in [0, 0.05) is 18.5 Å². The van der Waals surface area contributed by atoms with Gasteiger partial charge in [-0.05, 0) is 44.4 Å². The number of carbonyl (C=O) groups is 1. The molecule has 2 nitrogen and oxygen atoms in total. The van der Waals surface area contributed by atoms with Gasteiger partial charge in [0.15, 0.2) is 0 Å². The highest BCUT2D eigenvalue weighted by molar-refractivity contribution is 6.19. The lowest BCUT2D eigenvalue weighted by Gasteiger charge is -2.31. The number of alkyl halides is 1. The van der Waals surface area contributed by atoms with Crippen LogP contribution < -0.4 is 0 Å². The molecule has 0 radical (unpaired) electrons. The van der Waals surface area contributed by atoms with Crippen molar-refractivity contribution in [3.63, 3.8) is 0 Å². The second kappa shape index (κ2) is 5.49. The van der Waals surface area contributed by atoms with Gasteiger partial charge in [-0.15, -0.1) is 11.6 Å². The number of hydrogen-bond acceptors (Lipinski definition) is 1. The number of benzene rings is 1. The smallest absolute Gasteiger partial charge is 0.229 e. The third-order valence-corrected chi connectivity index (χ3v) is 4.07. The van der Waals surface area contributed by atoms with Crippen molar-refractivity contribution in [1.29, 1.82) is 0 Å². The Balaban J connectivity index is 2.15. The molecule has 0 bridgehead atoms. The molecule has 19 heavy (non-hydrogen) atoms. The number of carbonyl (C=O) groups excluding carboxylic acids is 1. The van der Waals surface area contributed by atoms with Crippen LogP contribution in [0, 0.1) is 11.2 Å². The van der Waals surface area contributed by atoms with E-state index in [1.807, 2.05) is 24.8 Å². The van der Waals surface area contributed by atoms with E-state index in [-0.39, 0.29) is 17.6 Å². The van der Waals surface area contributed by atoms with Gasteiger partial charge in [-0.3, -0.25) is 4.79 Å². The monoisotopic (exact) mass is 283 g/mol. The molecule has 0 N–H and O–H groups in total. The van der Waals surface area contributed by atoms with Crippen molar-refractivity contribution < 1.29 is 9.18 Å². The van der Waals surface area contributed by atoms with Crippen molar-refractivity contribution in [2.24, 2.45) is 5.41 Å². The van der Waals surface area contributed by atoms with Crippen LogP contribution in [0.1, 0.15) is 32.3 Å². The summed E-state index contributed by atoms with van der Waals surface area (Å²) >= 11 is 5.88. The van der Waals surface area contributed by atoms with Gasteiger partial charge < -0.3 is 4.90 Å². The van der Waals surface area contributed by atoms with E-state index in [9.17, 15) is 9.18 Å². The zero-order valence-corrected chi connectivity index (χ0v) is 12.1. The number of hydrogen-bond donors (Lipinski definition) is 0. The van der Waals surface area contributed by atoms with Crippen molar-refractivity contribution >= 4 is 17.5 Å². The van der Waals surface area contributed by atoms with Crippen LogP contribution in [0.4, 0.5) is 4.39 Å². The standard InChI is InChI=1S/C15H19ClFNO/c1-15(2,10-16)14(19)18(13-6-7-13)9-11-4-3-5-12(17)8-11/h3-5,8,13H,6-7,9-10H2,1-2H3. The SMILES string of the molecule is CC(C)(CCl)C(=O)N(Cc1cccc(F)c1)C1CC1. The highest BCUT2D eigenvalue weighted by Crippen LogP contribution is 2.33. The molecule has 0 aliphatic heterocycles. The first kappa shape index (κ1) is 14.3. The average molecular weight is 284 g/mol. The minimum absolute atomic E-state index is 0.0502. The van der Waals surface area contributed by atoms with Crippen LogP contribution in [-0.2, 0) is 11.3 Å². The Morgan fingerprint density at radius 1 is 1.47 bits per heavy atom. The van der Waals surface area contributed by atoms with Gasteiger partial charge in [0.05, 0.1) is 5.41 Å². The normalized spacial score (nSPS) is 15.4. The second-order valence-corrected chi connectivity index (χ2v) is 6.08. The summed E-state index contributed by atoms with van der Waals surface area (Å²) in [6, 6.07) is 6.70. The molecule has 104 valence electrons. The van der Waals surface area contributed by atoms with Crippen molar-refractivity contribution in [2.45, 2.75) is 39.3 Å². The molecular weight excluding hydrogens is 265 g/mol. The summed E-state index contributed by atoms with van der Waals surface area (Å²) in [5.41, 5.74) is 0.253. The van der Waals surface area contributed by atoms with Gasteiger partial charge in [-0.25, -0.2) is 4.39 Å². The summed E-state index contributed by atoms with van der Waals surface area (Å²) in [5, 5.41) is 0. The quantitative estimate of drug-likeness (QED) is 0.757. The van der Waals surface area contributed by atoms with Crippen LogP contribution in [0.2, 0.25) is 0 Å². The molecule has 0 aromatic heterocycles. The van der Waals surface area contributed by atoms with E-state index in [0.29, 0.717) is 12.6 Å². The molecule has 0 unspecified atom stereocenters. The van der Waals surface area contributed by atoms with Crippen LogP contribution in [0.25, 0.3) is 0 Å². The first-order valence-corrected chi connectivity index (χ1v) is 7.09. The fourth-order valence-corrected chi connectivity index (χ4v) is 2.15. The van der Waals surface area contributed by atoms with Crippen LogP contribution in [0.3, 0.4) is 0 Å². The van der Waals surface area contributed by atoms with E-state index >= 15 is 0 Å². The lowest BCUT2D eigenvalue weighted by molar-refractivity contribution is -0.140. The molecule has 0 saturated heterocycles. The lowest BCUT2D eigenvalue weighted by Crippen LogP contribution is -2.42. The molecule has 1 aliphatic carbocycles. The maximum atomic E-state index is 13.2. The maximum Gasteiger partial charge on any atom is 0.229 e. The zero-order valence-electron chi connectivity index (χ0n) is 11.3. The minimum Gasteiger partial charge on any atom is -0.335 e. The van der Waals surface area contributed by atoms with Crippen LogP contribution in [-0.4, -0.2) is 22.7 Å². The number of rotatable bonds is 5.